The molecule has 4 heteroatoms. The fourth-order valence-electron chi connectivity index (χ4n) is 1.88. The average Bonchev–Trinajstić information content (AvgIpc) is 2.07. The van der Waals surface area contributed by atoms with Crippen LogP contribution in [-0.4, -0.2) is 23.1 Å². The van der Waals surface area contributed by atoms with E-state index in [0.29, 0.717) is 6.54 Å². The number of carbonyl (C=O) groups excluding carboxylic acids is 1. The largest absolute Gasteiger partial charge is 0.444 e. The zero-order valence-electron chi connectivity index (χ0n) is 14.3. The van der Waals surface area contributed by atoms with Crippen molar-refractivity contribution in [3.05, 3.63) is 0 Å². The van der Waals surface area contributed by atoms with Crippen LogP contribution < -0.4 is 5.32 Å². The van der Waals surface area contributed by atoms with Gasteiger partial charge in [-0.25, -0.2) is 4.79 Å². The van der Waals surface area contributed by atoms with Crippen LogP contribution in [0.15, 0.2) is 0 Å². The predicted octanol–water partition coefficient (Wildman–Crippen LogP) is 4.73. The average molecular weight is 301 g/mol. The predicted molar refractivity (Wildman–Crippen MR) is 89.3 cm³/mol. The quantitative estimate of drug-likeness (QED) is 0.746. The zero-order chi connectivity index (χ0) is 16.2. The van der Waals surface area contributed by atoms with E-state index in [0.717, 1.165) is 17.7 Å². The van der Waals surface area contributed by atoms with Gasteiger partial charge in [0.2, 0.25) is 0 Å². The van der Waals surface area contributed by atoms with Crippen LogP contribution in [0.3, 0.4) is 0 Å². The number of hydrogen-bond acceptors (Lipinski definition) is 3. The molecule has 0 rings (SSSR count). The lowest BCUT2D eigenvalue weighted by Gasteiger charge is -2.28. The minimum absolute atomic E-state index is 0.0563. The minimum Gasteiger partial charge on any atom is -0.444 e. The third kappa shape index (κ3) is 11.2. The Morgan fingerprint density at radius 1 is 1.00 bits per heavy atom. The molecule has 0 saturated carbocycles. The fraction of sp³-hybridized carbons (Fsp3) is 0.875. The van der Waals surface area contributed by atoms with Crippen LogP contribution in [0.2, 0.25) is 0 Å². The second kappa shape index (κ2) is 6.88. The first-order chi connectivity index (χ1) is 8.70. The van der Waals surface area contributed by atoms with Gasteiger partial charge >= 0.3 is 6.09 Å². The highest BCUT2D eigenvalue weighted by Gasteiger charge is 2.24. The first kappa shape index (κ1) is 19.4. The van der Waals surface area contributed by atoms with Gasteiger partial charge in [-0.15, -0.1) is 0 Å². The summed E-state index contributed by atoms with van der Waals surface area (Å²) in [4.78, 5) is 12.7. The Hall–Kier alpha value is -0.640. The van der Waals surface area contributed by atoms with Crippen molar-refractivity contribution in [1.29, 1.82) is 0 Å². The number of thiocarbonyl (C=S) groups is 1. The van der Waals surface area contributed by atoms with Gasteiger partial charge in [-0.05, 0) is 49.3 Å². The van der Waals surface area contributed by atoms with Crippen molar-refractivity contribution in [2.75, 3.05) is 6.54 Å². The maximum atomic E-state index is 11.7. The SMILES string of the molecule is CC(C)(C)CC(=S)CC(C)(C)CNC(=O)OC(C)(C)C. The second-order valence-electron chi connectivity index (χ2n) is 8.47. The van der Waals surface area contributed by atoms with Gasteiger partial charge in [0, 0.05) is 6.54 Å². The van der Waals surface area contributed by atoms with Crippen LogP contribution >= 0.6 is 12.2 Å². The molecule has 0 aliphatic rings. The Morgan fingerprint density at radius 2 is 1.50 bits per heavy atom. The number of rotatable bonds is 5. The van der Waals surface area contributed by atoms with Crippen LogP contribution in [0.4, 0.5) is 4.79 Å². The van der Waals surface area contributed by atoms with Crippen LogP contribution in [0.1, 0.15) is 68.2 Å². The maximum absolute atomic E-state index is 11.7. The molecule has 20 heavy (non-hydrogen) atoms. The molecule has 0 aromatic rings. The molecule has 0 aromatic heterocycles. The van der Waals surface area contributed by atoms with Crippen molar-refractivity contribution in [1.82, 2.24) is 5.32 Å². The van der Waals surface area contributed by atoms with E-state index in [-0.39, 0.29) is 16.9 Å². The van der Waals surface area contributed by atoms with Crippen molar-refractivity contribution in [2.24, 2.45) is 10.8 Å². The topological polar surface area (TPSA) is 38.3 Å². The molecule has 0 aromatic carbocycles. The molecule has 0 bridgehead atoms. The molecule has 0 aliphatic carbocycles. The Balaban J connectivity index is 4.26. The number of ether oxygens (including phenoxy) is 1. The normalized spacial score (nSPS) is 13.0. The highest BCUT2D eigenvalue weighted by molar-refractivity contribution is 7.80. The van der Waals surface area contributed by atoms with Gasteiger partial charge in [0.25, 0.3) is 0 Å². The maximum Gasteiger partial charge on any atom is 0.407 e. The minimum atomic E-state index is -0.463. The molecule has 1 N–H and O–H groups in total. The lowest BCUT2D eigenvalue weighted by Crippen LogP contribution is -2.38. The number of carbonyl (C=O) groups is 1. The third-order valence-corrected chi connectivity index (χ3v) is 2.80. The van der Waals surface area contributed by atoms with E-state index < -0.39 is 5.60 Å². The van der Waals surface area contributed by atoms with E-state index in [2.05, 4.69) is 39.9 Å². The number of amides is 1. The van der Waals surface area contributed by atoms with Gasteiger partial charge < -0.3 is 10.1 Å². The Labute approximate surface area is 129 Å². The molecular formula is C16H31NO2S. The summed E-state index contributed by atoms with van der Waals surface area (Å²) >= 11 is 5.47. The lowest BCUT2D eigenvalue weighted by molar-refractivity contribution is 0.0507. The number of hydrogen-bond donors (Lipinski definition) is 1. The van der Waals surface area contributed by atoms with E-state index in [4.69, 9.17) is 17.0 Å². The number of alkyl carbamates (subject to hydrolysis) is 1. The van der Waals surface area contributed by atoms with Crippen molar-refractivity contribution >= 4 is 23.2 Å². The number of nitrogens with one attached hydrogen (secondary N) is 1. The first-order valence-corrected chi connectivity index (χ1v) is 7.60. The summed E-state index contributed by atoms with van der Waals surface area (Å²) in [6, 6.07) is 0. The molecule has 0 atom stereocenters. The molecule has 118 valence electrons. The van der Waals surface area contributed by atoms with Crippen LogP contribution in [-0.2, 0) is 4.74 Å². The monoisotopic (exact) mass is 301 g/mol. The van der Waals surface area contributed by atoms with Crippen LogP contribution in [0, 0.1) is 10.8 Å². The summed E-state index contributed by atoms with van der Waals surface area (Å²) < 4.78 is 5.24. The Kier molecular flexibility index (Phi) is 6.66. The van der Waals surface area contributed by atoms with Gasteiger partial charge in [-0.1, -0.05) is 46.8 Å². The summed E-state index contributed by atoms with van der Waals surface area (Å²) in [5.41, 5.74) is -0.305. The molecule has 1 amide bonds. The zero-order valence-corrected chi connectivity index (χ0v) is 15.2. The van der Waals surface area contributed by atoms with Gasteiger partial charge in [0.05, 0.1) is 0 Å². The van der Waals surface area contributed by atoms with Gasteiger partial charge in [-0.3, -0.25) is 0 Å². The molecular weight excluding hydrogens is 270 g/mol. The van der Waals surface area contributed by atoms with Crippen molar-refractivity contribution in [3.63, 3.8) is 0 Å². The molecule has 0 unspecified atom stereocenters. The Morgan fingerprint density at radius 3 is 1.90 bits per heavy atom. The summed E-state index contributed by atoms with van der Waals surface area (Å²) in [7, 11) is 0. The molecule has 3 nitrogen and oxygen atoms in total. The summed E-state index contributed by atoms with van der Waals surface area (Å²) in [6.07, 6.45) is 1.39. The smallest absolute Gasteiger partial charge is 0.407 e. The first-order valence-electron chi connectivity index (χ1n) is 7.19. The van der Waals surface area contributed by atoms with Crippen molar-refractivity contribution in [2.45, 2.75) is 73.8 Å². The third-order valence-electron chi connectivity index (χ3n) is 2.51. The van der Waals surface area contributed by atoms with Crippen LogP contribution in [0.5, 0.6) is 0 Å². The molecule has 0 spiro atoms. The van der Waals surface area contributed by atoms with E-state index in [1.807, 2.05) is 20.8 Å². The van der Waals surface area contributed by atoms with Gasteiger partial charge in [-0.2, -0.15) is 0 Å². The second-order valence-corrected chi connectivity index (χ2v) is 9.05. The highest BCUT2D eigenvalue weighted by Crippen LogP contribution is 2.27. The fourth-order valence-corrected chi connectivity index (χ4v) is 2.70. The highest BCUT2D eigenvalue weighted by atomic mass is 32.1. The van der Waals surface area contributed by atoms with E-state index in [1.54, 1.807) is 0 Å². The van der Waals surface area contributed by atoms with E-state index in [9.17, 15) is 4.79 Å². The lowest BCUT2D eigenvalue weighted by atomic mass is 9.82. The van der Waals surface area contributed by atoms with Crippen LogP contribution in [0.25, 0.3) is 0 Å². The molecule has 0 radical (unpaired) electrons. The van der Waals surface area contributed by atoms with Crippen molar-refractivity contribution < 1.29 is 9.53 Å². The molecule has 0 saturated heterocycles. The summed E-state index contributed by atoms with van der Waals surface area (Å²) in [6.45, 7) is 16.9. The van der Waals surface area contributed by atoms with E-state index in [1.165, 1.54) is 0 Å². The summed E-state index contributed by atoms with van der Waals surface area (Å²) in [5.74, 6) is 0. The standard InChI is InChI=1S/C16H31NO2S/c1-14(2,3)9-12(20)10-16(7,8)11-17-13(18)19-15(4,5)6/h9-11H2,1-8H3,(H,17,18). The summed E-state index contributed by atoms with van der Waals surface area (Å²) in [5, 5.41) is 2.83. The van der Waals surface area contributed by atoms with E-state index >= 15 is 0 Å². The molecule has 0 aliphatic heterocycles. The molecule has 0 fully saturated rings. The van der Waals surface area contributed by atoms with Crippen molar-refractivity contribution in [3.8, 4) is 0 Å². The molecule has 0 heterocycles. The van der Waals surface area contributed by atoms with Gasteiger partial charge in [0.1, 0.15) is 5.60 Å². The Bertz CT molecular complexity index is 348. The van der Waals surface area contributed by atoms with Gasteiger partial charge in [0.15, 0.2) is 0 Å².